The van der Waals surface area contributed by atoms with E-state index < -0.39 is 0 Å². The van der Waals surface area contributed by atoms with Crippen molar-refractivity contribution in [3.05, 3.63) is 58.4 Å². The molecule has 0 aliphatic rings. The summed E-state index contributed by atoms with van der Waals surface area (Å²) in [5, 5.41) is 5.57. The number of hydrogen-bond donors (Lipinski definition) is 2. The molecule has 0 bridgehead atoms. The zero-order valence-electron chi connectivity index (χ0n) is 13.9. The number of amides is 2. The van der Waals surface area contributed by atoms with Crippen LogP contribution in [-0.4, -0.2) is 25.5 Å². The van der Waals surface area contributed by atoms with Crippen LogP contribution in [0.1, 0.15) is 22.8 Å². The standard InChI is InChI=1S/C18H18ClFN2O3/c1-11(23)22-16-10-17(25-2)14(9-15(16)19)18(24)21-8-7-12-3-5-13(20)6-4-12/h3-6,9-10H,7-8H2,1-2H3,(H,21,24)(H,22,23). The monoisotopic (exact) mass is 364 g/mol. The number of hydrogen-bond acceptors (Lipinski definition) is 3. The molecule has 0 aromatic heterocycles. The van der Waals surface area contributed by atoms with Crippen molar-refractivity contribution in [3.63, 3.8) is 0 Å². The Labute approximate surface area is 150 Å². The van der Waals surface area contributed by atoms with Crippen molar-refractivity contribution < 1.29 is 18.7 Å². The van der Waals surface area contributed by atoms with Crippen molar-refractivity contribution in [1.82, 2.24) is 5.32 Å². The highest BCUT2D eigenvalue weighted by Crippen LogP contribution is 2.31. The number of nitrogens with one attached hydrogen (secondary N) is 2. The lowest BCUT2D eigenvalue weighted by Crippen LogP contribution is -2.26. The van der Waals surface area contributed by atoms with Gasteiger partial charge in [0.1, 0.15) is 11.6 Å². The topological polar surface area (TPSA) is 67.4 Å². The van der Waals surface area contributed by atoms with Gasteiger partial charge in [0.25, 0.3) is 5.91 Å². The van der Waals surface area contributed by atoms with E-state index in [9.17, 15) is 14.0 Å². The van der Waals surface area contributed by atoms with Crippen molar-refractivity contribution in [1.29, 1.82) is 0 Å². The van der Waals surface area contributed by atoms with Crippen LogP contribution in [0.25, 0.3) is 0 Å². The summed E-state index contributed by atoms with van der Waals surface area (Å²) in [7, 11) is 1.43. The molecule has 25 heavy (non-hydrogen) atoms. The fourth-order valence-corrected chi connectivity index (χ4v) is 2.46. The molecule has 0 radical (unpaired) electrons. The molecule has 2 aromatic rings. The average Bonchev–Trinajstić information content (AvgIpc) is 2.57. The minimum Gasteiger partial charge on any atom is -0.496 e. The van der Waals surface area contributed by atoms with Crippen LogP contribution in [0.2, 0.25) is 5.02 Å². The molecule has 132 valence electrons. The third-order valence-electron chi connectivity index (χ3n) is 3.46. The first kappa shape index (κ1) is 18.7. The van der Waals surface area contributed by atoms with Gasteiger partial charge in [-0.25, -0.2) is 4.39 Å². The van der Waals surface area contributed by atoms with E-state index in [4.69, 9.17) is 16.3 Å². The highest BCUT2D eigenvalue weighted by molar-refractivity contribution is 6.34. The number of carbonyl (C=O) groups excluding carboxylic acids is 2. The molecule has 2 aromatic carbocycles. The maximum Gasteiger partial charge on any atom is 0.255 e. The van der Waals surface area contributed by atoms with E-state index in [1.54, 1.807) is 12.1 Å². The van der Waals surface area contributed by atoms with E-state index >= 15 is 0 Å². The van der Waals surface area contributed by atoms with Crippen LogP contribution in [0.5, 0.6) is 5.75 Å². The quantitative estimate of drug-likeness (QED) is 0.825. The third kappa shape index (κ3) is 5.19. The highest BCUT2D eigenvalue weighted by atomic mass is 35.5. The molecular weight excluding hydrogens is 347 g/mol. The molecule has 2 N–H and O–H groups in total. The van der Waals surface area contributed by atoms with Crippen LogP contribution < -0.4 is 15.4 Å². The maximum atomic E-state index is 12.9. The highest BCUT2D eigenvalue weighted by Gasteiger charge is 2.16. The molecule has 0 saturated carbocycles. The van der Waals surface area contributed by atoms with E-state index in [2.05, 4.69) is 10.6 Å². The first-order valence-corrected chi connectivity index (χ1v) is 7.96. The molecule has 0 fully saturated rings. The molecule has 0 atom stereocenters. The average molecular weight is 365 g/mol. The predicted molar refractivity (Wildman–Crippen MR) is 94.7 cm³/mol. The maximum absolute atomic E-state index is 12.9. The van der Waals surface area contributed by atoms with Gasteiger partial charge in [0.05, 0.1) is 23.4 Å². The molecule has 2 amide bonds. The van der Waals surface area contributed by atoms with E-state index in [0.717, 1.165) is 5.56 Å². The summed E-state index contributed by atoms with van der Waals surface area (Å²) in [4.78, 5) is 23.5. The first-order chi connectivity index (χ1) is 11.9. The Bertz CT molecular complexity index is 779. The third-order valence-corrected chi connectivity index (χ3v) is 3.77. The van der Waals surface area contributed by atoms with Gasteiger partial charge in [-0.1, -0.05) is 23.7 Å². The lowest BCUT2D eigenvalue weighted by Gasteiger charge is -2.13. The number of carbonyl (C=O) groups is 2. The van der Waals surface area contributed by atoms with Gasteiger partial charge in [-0.15, -0.1) is 0 Å². The summed E-state index contributed by atoms with van der Waals surface area (Å²) in [6, 6.07) is 9.03. The number of benzene rings is 2. The largest absolute Gasteiger partial charge is 0.496 e. The van der Waals surface area contributed by atoms with Crippen LogP contribution in [0.4, 0.5) is 10.1 Å². The molecule has 0 unspecified atom stereocenters. The minimum atomic E-state index is -0.352. The molecule has 5 nitrogen and oxygen atoms in total. The van der Waals surface area contributed by atoms with Crippen molar-refractivity contribution >= 4 is 29.1 Å². The number of halogens is 2. The second kappa shape index (κ2) is 8.48. The Morgan fingerprint density at radius 1 is 1.20 bits per heavy atom. The van der Waals surface area contributed by atoms with Crippen LogP contribution in [0.3, 0.4) is 0 Å². The number of methoxy groups -OCH3 is 1. The minimum absolute atomic E-state index is 0.236. The van der Waals surface area contributed by atoms with Gasteiger partial charge < -0.3 is 15.4 Å². The van der Waals surface area contributed by atoms with E-state index in [0.29, 0.717) is 24.4 Å². The fraction of sp³-hybridized carbons (Fsp3) is 0.222. The SMILES string of the molecule is COc1cc(NC(C)=O)c(Cl)cc1C(=O)NCCc1ccc(F)cc1. The molecule has 7 heteroatoms. The zero-order valence-corrected chi connectivity index (χ0v) is 14.6. The molecule has 0 aliphatic carbocycles. The molecule has 2 rings (SSSR count). The van der Waals surface area contributed by atoms with Gasteiger partial charge in [0, 0.05) is 19.5 Å². The smallest absolute Gasteiger partial charge is 0.255 e. The van der Waals surface area contributed by atoms with Gasteiger partial charge in [-0.2, -0.15) is 0 Å². The van der Waals surface area contributed by atoms with Crippen LogP contribution in [0, 0.1) is 5.82 Å². The molecule has 0 aliphatic heterocycles. The summed E-state index contributed by atoms with van der Waals surface area (Å²) in [5.74, 6) is -0.630. The Hall–Kier alpha value is -2.60. The lowest BCUT2D eigenvalue weighted by atomic mass is 10.1. The molecule has 0 saturated heterocycles. The van der Waals surface area contributed by atoms with Crippen molar-refractivity contribution in [2.24, 2.45) is 0 Å². The van der Waals surface area contributed by atoms with Crippen molar-refractivity contribution in [2.75, 3.05) is 19.0 Å². The summed E-state index contributed by atoms with van der Waals surface area (Å²) in [5.41, 5.74) is 1.54. The van der Waals surface area contributed by atoms with Crippen molar-refractivity contribution in [3.8, 4) is 5.75 Å². The van der Waals surface area contributed by atoms with Crippen LogP contribution in [0.15, 0.2) is 36.4 Å². The van der Waals surface area contributed by atoms with Gasteiger partial charge in [-0.05, 0) is 30.2 Å². The second-order valence-corrected chi connectivity index (χ2v) is 5.75. The van der Waals surface area contributed by atoms with Gasteiger partial charge in [-0.3, -0.25) is 9.59 Å². The van der Waals surface area contributed by atoms with E-state index in [1.165, 1.54) is 38.3 Å². The number of rotatable bonds is 6. The van der Waals surface area contributed by atoms with Crippen LogP contribution >= 0.6 is 11.6 Å². The number of anilines is 1. The first-order valence-electron chi connectivity index (χ1n) is 7.58. The lowest BCUT2D eigenvalue weighted by molar-refractivity contribution is -0.114. The normalized spacial score (nSPS) is 10.2. The summed E-state index contributed by atoms with van der Waals surface area (Å²) >= 11 is 6.11. The summed E-state index contributed by atoms with van der Waals surface area (Å²) in [6.07, 6.45) is 0.562. The summed E-state index contributed by atoms with van der Waals surface area (Å²) in [6.45, 7) is 1.73. The van der Waals surface area contributed by atoms with E-state index in [1.807, 2.05) is 0 Å². The molecule has 0 spiro atoms. The number of ether oxygens (including phenoxy) is 1. The Kier molecular flexibility index (Phi) is 6.36. The Morgan fingerprint density at radius 3 is 2.48 bits per heavy atom. The van der Waals surface area contributed by atoms with Gasteiger partial charge in [0.15, 0.2) is 0 Å². The van der Waals surface area contributed by atoms with Gasteiger partial charge >= 0.3 is 0 Å². The van der Waals surface area contributed by atoms with E-state index in [-0.39, 0.29) is 28.2 Å². The Morgan fingerprint density at radius 2 is 1.88 bits per heavy atom. The summed E-state index contributed by atoms with van der Waals surface area (Å²) < 4.78 is 18.1. The second-order valence-electron chi connectivity index (χ2n) is 5.35. The zero-order chi connectivity index (χ0) is 18.4. The molecular formula is C18H18ClFN2O3. The predicted octanol–water partition coefficient (Wildman–Crippen LogP) is 3.42. The van der Waals surface area contributed by atoms with Crippen LogP contribution in [-0.2, 0) is 11.2 Å². The molecule has 0 heterocycles. The van der Waals surface area contributed by atoms with Gasteiger partial charge in [0.2, 0.25) is 5.91 Å². The Balaban J connectivity index is 2.06. The fourth-order valence-electron chi connectivity index (χ4n) is 2.25. The van der Waals surface area contributed by atoms with Crippen molar-refractivity contribution in [2.45, 2.75) is 13.3 Å².